The fourth-order valence-electron chi connectivity index (χ4n) is 6.64. The zero-order valence-electron chi connectivity index (χ0n) is 27.9. The summed E-state index contributed by atoms with van der Waals surface area (Å²) >= 11 is 0. The van der Waals surface area contributed by atoms with Gasteiger partial charge >= 0.3 is 0 Å². The number of carbonyl (C=O) groups is 2. The molecule has 1 amide bonds. The van der Waals surface area contributed by atoms with Crippen molar-refractivity contribution in [2.24, 2.45) is 5.92 Å². The number of aromatic nitrogens is 5. The maximum Gasteiger partial charge on any atom is 0.272 e. The third-order valence-electron chi connectivity index (χ3n) is 9.25. The second kappa shape index (κ2) is 14.4. The Hall–Kier alpha value is -4.72. The summed E-state index contributed by atoms with van der Waals surface area (Å²) in [5.74, 6) is -0.0681. The van der Waals surface area contributed by atoms with E-state index in [0.29, 0.717) is 30.8 Å². The Balaban J connectivity index is 1.37. The van der Waals surface area contributed by atoms with E-state index in [4.69, 9.17) is 15.1 Å². The number of ketones is 1. The van der Waals surface area contributed by atoms with Crippen LogP contribution in [0.3, 0.4) is 0 Å². The molecule has 0 atom stereocenters. The highest BCUT2D eigenvalue weighted by molar-refractivity contribution is 6.00. The average Bonchev–Trinajstić information content (AvgIpc) is 3.51. The monoisotopic (exact) mass is 628 g/mol. The maximum absolute atomic E-state index is 13.9. The lowest BCUT2D eigenvalue weighted by atomic mass is 9.85. The van der Waals surface area contributed by atoms with Gasteiger partial charge in [-0.15, -0.1) is 0 Å². The number of allylic oxidation sites excluding steroid dienone is 6. The second-order valence-corrected chi connectivity index (χ2v) is 12.8. The minimum absolute atomic E-state index is 0.0230. The van der Waals surface area contributed by atoms with Crippen LogP contribution in [0.15, 0.2) is 73.2 Å². The van der Waals surface area contributed by atoms with Crippen molar-refractivity contribution < 1.29 is 9.59 Å². The fourth-order valence-corrected chi connectivity index (χ4v) is 6.64. The van der Waals surface area contributed by atoms with Gasteiger partial charge in [-0.1, -0.05) is 76.6 Å². The molecule has 8 heteroatoms. The number of piperidine rings is 1. The second-order valence-electron chi connectivity index (χ2n) is 12.8. The van der Waals surface area contributed by atoms with Gasteiger partial charge in [0.05, 0.1) is 28.8 Å². The van der Waals surface area contributed by atoms with Crippen LogP contribution in [0.4, 0.5) is 0 Å². The normalized spacial score (nSPS) is 15.6. The number of amides is 1. The Morgan fingerprint density at radius 3 is 2.53 bits per heavy atom. The van der Waals surface area contributed by atoms with Crippen LogP contribution >= 0.6 is 0 Å². The van der Waals surface area contributed by atoms with Gasteiger partial charge in [-0.2, -0.15) is 5.10 Å². The quantitative estimate of drug-likeness (QED) is 0.175. The molecule has 0 bridgehead atoms. The number of nitrogens with zero attached hydrogens (tertiary/aromatic N) is 6. The summed E-state index contributed by atoms with van der Waals surface area (Å²) in [6, 6.07) is 7.98. The summed E-state index contributed by atoms with van der Waals surface area (Å²) < 4.78 is 1.88. The van der Waals surface area contributed by atoms with Crippen LogP contribution in [-0.2, 0) is 12.8 Å². The summed E-state index contributed by atoms with van der Waals surface area (Å²) in [7, 11) is 0. The Bertz CT molecular complexity index is 1860. The summed E-state index contributed by atoms with van der Waals surface area (Å²) in [6.07, 6.45) is 22.0. The van der Waals surface area contributed by atoms with Crippen molar-refractivity contribution in [2.75, 3.05) is 13.1 Å². The highest BCUT2D eigenvalue weighted by Gasteiger charge is 2.33. The largest absolute Gasteiger partial charge is 0.337 e. The SMILES string of the molecule is CCCc1c(C(=O)C(C)C)c(C2CCN(C(=O)c3ncccc3CC)CC2)nc2c(-c3ccc(C4=CC=CCCC=C4)nc3)cnn12. The molecule has 4 aromatic heterocycles. The molecule has 0 spiro atoms. The van der Waals surface area contributed by atoms with Crippen molar-refractivity contribution in [3.8, 4) is 11.1 Å². The molecule has 8 nitrogen and oxygen atoms in total. The zero-order valence-corrected chi connectivity index (χ0v) is 27.9. The zero-order chi connectivity index (χ0) is 32.9. The van der Waals surface area contributed by atoms with Gasteiger partial charge in [0.25, 0.3) is 5.91 Å². The lowest BCUT2D eigenvalue weighted by Crippen LogP contribution is -2.39. The molecule has 0 N–H and O–H groups in total. The highest BCUT2D eigenvalue weighted by Crippen LogP contribution is 2.35. The van der Waals surface area contributed by atoms with Crippen molar-refractivity contribution in [3.63, 3.8) is 0 Å². The van der Waals surface area contributed by atoms with E-state index in [2.05, 4.69) is 48.4 Å². The van der Waals surface area contributed by atoms with Crippen molar-refractivity contribution in [3.05, 3.63) is 107 Å². The van der Waals surface area contributed by atoms with E-state index in [1.807, 2.05) is 60.8 Å². The lowest BCUT2D eigenvalue weighted by Gasteiger charge is -2.33. The van der Waals surface area contributed by atoms with Gasteiger partial charge < -0.3 is 4.90 Å². The molecule has 6 rings (SSSR count). The molecule has 5 heterocycles. The van der Waals surface area contributed by atoms with Crippen LogP contribution in [0.5, 0.6) is 0 Å². The molecule has 0 saturated carbocycles. The van der Waals surface area contributed by atoms with Crippen LogP contribution in [0.25, 0.3) is 22.3 Å². The minimum atomic E-state index is -0.180. The van der Waals surface area contributed by atoms with Crippen LogP contribution in [-0.4, -0.2) is 54.2 Å². The first-order valence-corrected chi connectivity index (χ1v) is 17.1. The summed E-state index contributed by atoms with van der Waals surface area (Å²) in [5.41, 5.74) is 8.51. The number of hydrogen-bond acceptors (Lipinski definition) is 6. The van der Waals surface area contributed by atoms with Crippen LogP contribution < -0.4 is 0 Å². The number of rotatable bonds is 9. The van der Waals surface area contributed by atoms with Crippen molar-refractivity contribution in [2.45, 2.75) is 78.6 Å². The molecule has 2 aliphatic rings. The fraction of sp³-hybridized carbons (Fsp3) is 0.385. The van der Waals surface area contributed by atoms with Crippen molar-refractivity contribution in [1.29, 1.82) is 0 Å². The Morgan fingerprint density at radius 1 is 1.00 bits per heavy atom. The third-order valence-corrected chi connectivity index (χ3v) is 9.25. The molecule has 1 aliphatic heterocycles. The van der Waals surface area contributed by atoms with Crippen LogP contribution in [0.1, 0.15) is 109 Å². The molecular formula is C39H44N6O2. The first kappa shape index (κ1) is 32.2. The Morgan fingerprint density at radius 2 is 1.81 bits per heavy atom. The number of likely N-dealkylation sites (tertiary alicyclic amines) is 1. The van der Waals surface area contributed by atoms with Crippen molar-refractivity contribution in [1.82, 2.24) is 29.5 Å². The molecule has 47 heavy (non-hydrogen) atoms. The summed E-state index contributed by atoms with van der Waals surface area (Å²) in [5, 5.41) is 4.81. The van der Waals surface area contributed by atoms with Crippen LogP contribution in [0.2, 0.25) is 0 Å². The van der Waals surface area contributed by atoms with Crippen LogP contribution in [0, 0.1) is 5.92 Å². The van der Waals surface area contributed by atoms with E-state index in [1.54, 1.807) is 6.20 Å². The molecule has 4 aromatic rings. The number of pyridine rings is 2. The van der Waals surface area contributed by atoms with E-state index < -0.39 is 0 Å². The molecule has 0 unspecified atom stereocenters. The van der Waals surface area contributed by atoms with Gasteiger partial charge in [-0.05, 0) is 61.8 Å². The van der Waals surface area contributed by atoms with Gasteiger partial charge in [-0.25, -0.2) is 9.50 Å². The van der Waals surface area contributed by atoms with Gasteiger partial charge in [0.1, 0.15) is 5.69 Å². The van der Waals surface area contributed by atoms with E-state index in [-0.39, 0.29) is 23.5 Å². The van der Waals surface area contributed by atoms with Gasteiger partial charge in [0, 0.05) is 48.4 Å². The third kappa shape index (κ3) is 6.59. The smallest absolute Gasteiger partial charge is 0.272 e. The molecule has 1 aliphatic carbocycles. The number of aryl methyl sites for hydroxylation is 2. The number of fused-ring (bicyclic) bond motifs is 1. The van der Waals surface area contributed by atoms with E-state index in [1.165, 1.54) is 0 Å². The first-order chi connectivity index (χ1) is 22.9. The lowest BCUT2D eigenvalue weighted by molar-refractivity contribution is 0.0703. The molecule has 1 fully saturated rings. The van der Waals surface area contributed by atoms with E-state index in [9.17, 15) is 9.59 Å². The van der Waals surface area contributed by atoms with Gasteiger partial charge in [-0.3, -0.25) is 19.6 Å². The molecule has 0 radical (unpaired) electrons. The first-order valence-electron chi connectivity index (χ1n) is 17.1. The maximum atomic E-state index is 13.9. The van der Waals surface area contributed by atoms with E-state index >= 15 is 0 Å². The highest BCUT2D eigenvalue weighted by atomic mass is 16.2. The van der Waals surface area contributed by atoms with Gasteiger partial charge in [0.15, 0.2) is 11.4 Å². The number of Topliss-reactive ketones (excluding diaryl/α,β-unsaturated/α-hetero) is 1. The molecule has 1 saturated heterocycles. The molecule has 242 valence electrons. The minimum Gasteiger partial charge on any atom is -0.337 e. The summed E-state index contributed by atoms with van der Waals surface area (Å²) in [6.45, 7) is 9.25. The topological polar surface area (TPSA) is 93.4 Å². The Labute approximate surface area is 277 Å². The van der Waals surface area contributed by atoms with Crippen molar-refractivity contribution >= 4 is 22.9 Å². The Kier molecular flexibility index (Phi) is 9.85. The predicted octanol–water partition coefficient (Wildman–Crippen LogP) is 7.85. The average molecular weight is 629 g/mol. The molecule has 0 aromatic carbocycles. The summed E-state index contributed by atoms with van der Waals surface area (Å²) in [4.78, 5) is 43.8. The van der Waals surface area contributed by atoms with E-state index in [0.717, 1.165) is 83.5 Å². The predicted molar refractivity (Wildman–Crippen MR) is 186 cm³/mol. The number of carbonyl (C=O) groups excluding carboxylic acids is 2. The standard InChI is InChI=1S/C39H44N6O2/c1-5-13-33-34(37(46)26(3)4)35(29-19-22-44(23-20-29)39(47)36-27(6-2)16-12-21-40-36)43-38-31(25-42-45(33)38)30-17-18-32(41-24-30)28-14-10-8-7-9-11-15-28/h8,10-12,14-18,21,24-26,29H,5-7,9,13,19-20,22-23H2,1-4H3. The van der Waals surface area contributed by atoms with Gasteiger partial charge in [0.2, 0.25) is 0 Å². The molecular weight excluding hydrogens is 584 g/mol. The number of hydrogen-bond donors (Lipinski definition) is 0.